The number of methoxy groups -OCH3 is 1. The molecule has 2 aromatic rings. The Hall–Kier alpha value is -1.77. The fourth-order valence-electron chi connectivity index (χ4n) is 3.45. The number of aromatic nitrogens is 2. The summed E-state index contributed by atoms with van der Waals surface area (Å²) in [4.78, 5) is 34.3. The van der Waals surface area contributed by atoms with Crippen LogP contribution in [0.1, 0.15) is 29.6 Å². The first kappa shape index (κ1) is 20.0. The Kier molecular flexibility index (Phi) is 6.29. The smallest absolute Gasteiger partial charge is 0.326 e. The van der Waals surface area contributed by atoms with Crippen LogP contribution >= 0.6 is 11.3 Å². The fourth-order valence-corrected chi connectivity index (χ4v) is 4.84. The number of hydrogen-bond donors (Lipinski definition) is 0. The third-order valence-corrected chi connectivity index (χ3v) is 5.94. The number of hydrogen-bond acceptors (Lipinski definition) is 7. The van der Waals surface area contributed by atoms with Gasteiger partial charge in [0.2, 0.25) is 0 Å². The van der Waals surface area contributed by atoms with Gasteiger partial charge in [-0.1, -0.05) is 6.92 Å². The van der Waals surface area contributed by atoms with E-state index in [1.54, 1.807) is 18.4 Å². The third-order valence-electron chi connectivity index (χ3n) is 4.79. The zero-order chi connectivity index (χ0) is 19.6. The molecule has 8 heteroatoms. The summed E-state index contributed by atoms with van der Waals surface area (Å²) >= 11 is 1.63. The van der Waals surface area contributed by atoms with Crippen LogP contribution < -0.4 is 5.56 Å². The van der Waals surface area contributed by atoms with Crippen LogP contribution in [-0.2, 0) is 40.2 Å². The number of fused-ring (bicyclic) bond motifs is 3. The molecule has 0 radical (unpaired) electrons. The molecule has 2 aromatic heterocycles. The summed E-state index contributed by atoms with van der Waals surface area (Å²) in [5, 5.41) is 0.689. The first-order valence-corrected chi connectivity index (χ1v) is 10.1. The van der Waals surface area contributed by atoms with E-state index in [1.165, 1.54) is 9.44 Å². The van der Waals surface area contributed by atoms with Crippen molar-refractivity contribution < 1.29 is 14.3 Å². The Morgan fingerprint density at radius 1 is 1.37 bits per heavy atom. The summed E-state index contributed by atoms with van der Waals surface area (Å²) < 4.78 is 11.5. The molecule has 0 saturated heterocycles. The van der Waals surface area contributed by atoms with Gasteiger partial charge in [0.1, 0.15) is 23.8 Å². The lowest BCUT2D eigenvalue weighted by Crippen LogP contribution is -2.32. The van der Waals surface area contributed by atoms with Gasteiger partial charge in [0, 0.05) is 12.0 Å². The predicted octanol–water partition coefficient (Wildman–Crippen LogP) is 1.83. The third kappa shape index (κ3) is 4.39. The zero-order valence-corrected chi connectivity index (χ0v) is 17.2. The van der Waals surface area contributed by atoms with Crippen LogP contribution in [0.25, 0.3) is 10.2 Å². The monoisotopic (exact) mass is 393 g/mol. The Bertz CT molecular complexity index is 887. The molecule has 0 aliphatic heterocycles. The zero-order valence-electron chi connectivity index (χ0n) is 16.4. The molecule has 148 valence electrons. The molecule has 0 aromatic carbocycles. The van der Waals surface area contributed by atoms with Crippen molar-refractivity contribution in [3.05, 3.63) is 26.6 Å². The van der Waals surface area contributed by atoms with Gasteiger partial charge in [0.15, 0.2) is 0 Å². The summed E-state index contributed by atoms with van der Waals surface area (Å²) in [6.45, 7) is 3.10. The number of carbonyl (C=O) groups excluding carboxylic acids is 1. The number of rotatable bonds is 7. The standard InChI is InChI=1S/C19H27N3O4S/c1-12-5-6-13-14(9-12)27-18-17(13)19(24)22(15(20-18)10-21(2)3)11-16(23)26-8-7-25-4/h12H,5-11H2,1-4H3. The lowest BCUT2D eigenvalue weighted by molar-refractivity contribution is -0.145. The van der Waals surface area contributed by atoms with Crippen molar-refractivity contribution in [2.75, 3.05) is 34.4 Å². The summed E-state index contributed by atoms with van der Waals surface area (Å²) in [7, 11) is 5.38. The van der Waals surface area contributed by atoms with Crippen LogP contribution in [0, 0.1) is 5.92 Å². The van der Waals surface area contributed by atoms with Gasteiger partial charge in [-0.2, -0.15) is 0 Å². The highest BCUT2D eigenvalue weighted by atomic mass is 32.1. The average Bonchev–Trinajstić information content (AvgIpc) is 2.95. The van der Waals surface area contributed by atoms with Gasteiger partial charge in [-0.05, 0) is 44.8 Å². The van der Waals surface area contributed by atoms with Gasteiger partial charge in [0.05, 0.1) is 18.5 Å². The highest BCUT2D eigenvalue weighted by molar-refractivity contribution is 7.18. The van der Waals surface area contributed by atoms with Crippen LogP contribution in [0.4, 0.5) is 0 Å². The van der Waals surface area contributed by atoms with Crippen molar-refractivity contribution in [2.45, 2.75) is 39.3 Å². The number of aryl methyl sites for hydroxylation is 1. The molecule has 1 atom stereocenters. The Morgan fingerprint density at radius 3 is 2.85 bits per heavy atom. The van der Waals surface area contributed by atoms with Crippen LogP contribution in [0.5, 0.6) is 0 Å². The van der Waals surface area contributed by atoms with Crippen molar-refractivity contribution in [2.24, 2.45) is 5.92 Å². The number of ether oxygens (including phenoxy) is 2. The largest absolute Gasteiger partial charge is 0.462 e. The molecule has 0 saturated carbocycles. The van der Waals surface area contributed by atoms with E-state index in [2.05, 4.69) is 6.92 Å². The minimum atomic E-state index is -0.451. The quantitative estimate of drug-likeness (QED) is 0.528. The summed E-state index contributed by atoms with van der Waals surface area (Å²) in [5.41, 5.74) is 0.996. The van der Waals surface area contributed by atoms with Gasteiger partial charge < -0.3 is 14.4 Å². The maximum absolute atomic E-state index is 13.3. The van der Waals surface area contributed by atoms with E-state index in [4.69, 9.17) is 14.5 Å². The van der Waals surface area contributed by atoms with Crippen molar-refractivity contribution in [1.29, 1.82) is 0 Å². The highest BCUT2D eigenvalue weighted by Crippen LogP contribution is 2.35. The van der Waals surface area contributed by atoms with Crippen molar-refractivity contribution in [1.82, 2.24) is 14.5 Å². The normalized spacial score (nSPS) is 16.7. The summed E-state index contributed by atoms with van der Waals surface area (Å²) in [6, 6.07) is 0. The van der Waals surface area contributed by atoms with E-state index < -0.39 is 5.97 Å². The van der Waals surface area contributed by atoms with Gasteiger partial charge >= 0.3 is 5.97 Å². The molecule has 3 rings (SSSR count). The first-order chi connectivity index (χ1) is 12.9. The Labute approximate surface area is 162 Å². The van der Waals surface area contributed by atoms with Crippen molar-refractivity contribution in [3.63, 3.8) is 0 Å². The minimum Gasteiger partial charge on any atom is -0.462 e. The molecule has 2 heterocycles. The Morgan fingerprint density at radius 2 is 2.15 bits per heavy atom. The van der Waals surface area contributed by atoms with Crippen LogP contribution in [0.15, 0.2) is 4.79 Å². The molecular weight excluding hydrogens is 366 g/mol. The van der Waals surface area contributed by atoms with Gasteiger partial charge in [-0.15, -0.1) is 11.3 Å². The lowest BCUT2D eigenvalue weighted by Gasteiger charge is -2.18. The number of nitrogens with zero attached hydrogens (tertiary/aromatic N) is 3. The van der Waals surface area contributed by atoms with E-state index in [-0.39, 0.29) is 18.7 Å². The second-order valence-electron chi connectivity index (χ2n) is 7.40. The van der Waals surface area contributed by atoms with Gasteiger partial charge in [0.25, 0.3) is 5.56 Å². The number of esters is 1. The molecule has 1 aliphatic carbocycles. The maximum Gasteiger partial charge on any atom is 0.326 e. The van der Waals surface area contributed by atoms with Crippen molar-refractivity contribution >= 4 is 27.5 Å². The molecule has 0 N–H and O–H groups in total. The van der Waals surface area contributed by atoms with E-state index in [9.17, 15) is 9.59 Å². The van der Waals surface area contributed by atoms with E-state index >= 15 is 0 Å². The summed E-state index contributed by atoms with van der Waals surface area (Å²) in [5.74, 6) is 0.769. The highest BCUT2D eigenvalue weighted by Gasteiger charge is 2.25. The minimum absolute atomic E-state index is 0.129. The van der Waals surface area contributed by atoms with Crippen LogP contribution in [-0.4, -0.2) is 54.8 Å². The molecule has 7 nitrogen and oxygen atoms in total. The molecule has 1 unspecified atom stereocenters. The topological polar surface area (TPSA) is 73.7 Å². The molecule has 1 aliphatic rings. The van der Waals surface area contributed by atoms with Gasteiger partial charge in [-0.25, -0.2) is 4.98 Å². The maximum atomic E-state index is 13.3. The molecule has 27 heavy (non-hydrogen) atoms. The van der Waals surface area contributed by atoms with E-state index in [0.717, 1.165) is 29.7 Å². The SMILES string of the molecule is COCCOC(=O)Cn1c(CN(C)C)nc2sc3c(c2c1=O)CCC(C)C3. The number of thiophene rings is 1. The molecular formula is C19H27N3O4S. The number of carbonyl (C=O) groups is 1. The molecule has 0 fully saturated rings. The van der Waals surface area contributed by atoms with E-state index in [1.807, 2.05) is 19.0 Å². The first-order valence-electron chi connectivity index (χ1n) is 9.24. The molecule has 0 bridgehead atoms. The Balaban J connectivity index is 2.02. The lowest BCUT2D eigenvalue weighted by atomic mass is 9.89. The van der Waals surface area contributed by atoms with Crippen LogP contribution in [0.2, 0.25) is 0 Å². The fraction of sp³-hybridized carbons (Fsp3) is 0.632. The van der Waals surface area contributed by atoms with Gasteiger partial charge in [-0.3, -0.25) is 14.2 Å². The second-order valence-corrected chi connectivity index (χ2v) is 8.49. The summed E-state index contributed by atoms with van der Waals surface area (Å²) in [6.07, 6.45) is 2.98. The molecule has 0 spiro atoms. The van der Waals surface area contributed by atoms with E-state index in [0.29, 0.717) is 30.3 Å². The van der Waals surface area contributed by atoms with Crippen molar-refractivity contribution in [3.8, 4) is 0 Å². The van der Waals surface area contributed by atoms with Crippen LogP contribution in [0.3, 0.4) is 0 Å². The molecule has 0 amide bonds. The predicted molar refractivity (Wildman–Crippen MR) is 105 cm³/mol. The second kappa shape index (κ2) is 8.50. The average molecular weight is 394 g/mol.